The first-order chi connectivity index (χ1) is 16.2. The van der Waals surface area contributed by atoms with Crippen LogP contribution in [0.2, 0.25) is 5.02 Å². The summed E-state index contributed by atoms with van der Waals surface area (Å²) in [6.45, 7) is 0.137. The van der Waals surface area contributed by atoms with E-state index in [-0.39, 0.29) is 40.5 Å². The molecular weight excluding hydrogens is 469 g/mol. The maximum atomic E-state index is 13.2. The van der Waals surface area contributed by atoms with Gasteiger partial charge in [-0.1, -0.05) is 23.7 Å². The topological polar surface area (TPSA) is 84.0 Å². The number of phenolic OH excluding ortho intramolecular Hbond substituents is 1. The molecule has 2 heterocycles. The molecule has 0 saturated heterocycles. The lowest BCUT2D eigenvalue weighted by molar-refractivity contribution is -0.141. The Hall–Kier alpha value is -4.03. The average Bonchev–Trinajstić information content (AvgIpc) is 3.20. The molecule has 0 unspecified atom stereocenters. The second-order valence-corrected chi connectivity index (χ2v) is 7.80. The van der Waals surface area contributed by atoms with E-state index in [1.54, 1.807) is 30.3 Å². The van der Waals surface area contributed by atoms with Crippen molar-refractivity contribution < 1.29 is 23.0 Å². The van der Waals surface area contributed by atoms with E-state index < -0.39 is 11.9 Å². The second-order valence-electron chi connectivity index (χ2n) is 7.36. The van der Waals surface area contributed by atoms with Crippen LogP contribution < -0.4 is 4.74 Å². The van der Waals surface area contributed by atoms with Crippen LogP contribution in [0.5, 0.6) is 11.5 Å². The van der Waals surface area contributed by atoms with Gasteiger partial charge in [-0.25, -0.2) is 0 Å². The fourth-order valence-electron chi connectivity index (χ4n) is 3.42. The smallest absolute Gasteiger partial charge is 0.435 e. The Labute approximate surface area is 197 Å². The Kier molecular flexibility index (Phi) is 6.18. The molecule has 172 valence electrons. The molecule has 2 aromatic heterocycles. The molecule has 4 rings (SSSR count). The molecule has 6 nitrogen and oxygen atoms in total. The van der Waals surface area contributed by atoms with Crippen molar-refractivity contribution in [1.82, 2.24) is 14.8 Å². The van der Waals surface area contributed by atoms with Crippen LogP contribution in [0.1, 0.15) is 16.8 Å². The summed E-state index contributed by atoms with van der Waals surface area (Å²) in [5, 5.41) is 24.5. The van der Waals surface area contributed by atoms with Crippen molar-refractivity contribution in [3.05, 3.63) is 82.8 Å². The van der Waals surface area contributed by atoms with Crippen LogP contribution in [0.4, 0.5) is 13.2 Å². The number of benzene rings is 2. The molecule has 0 aliphatic rings. The third-order valence-electron chi connectivity index (χ3n) is 5.05. The second kappa shape index (κ2) is 9.08. The van der Waals surface area contributed by atoms with Gasteiger partial charge in [-0.2, -0.15) is 23.5 Å². The van der Waals surface area contributed by atoms with Crippen LogP contribution in [0.3, 0.4) is 0 Å². The quantitative estimate of drug-likeness (QED) is 0.377. The summed E-state index contributed by atoms with van der Waals surface area (Å²) in [7, 11) is 1.35. The van der Waals surface area contributed by atoms with Gasteiger partial charge in [-0.05, 0) is 42.0 Å². The minimum Gasteiger partial charge on any atom is -0.506 e. The number of aromatic hydroxyl groups is 1. The van der Waals surface area contributed by atoms with Crippen LogP contribution in [-0.2, 0) is 19.8 Å². The highest BCUT2D eigenvalue weighted by Gasteiger charge is 2.35. The summed E-state index contributed by atoms with van der Waals surface area (Å²) in [5.74, 6) is -0.0754. The molecule has 0 fully saturated rings. The predicted molar refractivity (Wildman–Crippen MR) is 119 cm³/mol. The number of nitriles is 1. The average molecular weight is 485 g/mol. The van der Waals surface area contributed by atoms with Gasteiger partial charge < -0.3 is 9.84 Å². The summed E-state index contributed by atoms with van der Waals surface area (Å²) in [4.78, 5) is 4.03. The molecule has 10 heteroatoms. The third kappa shape index (κ3) is 4.67. The van der Waals surface area contributed by atoms with E-state index >= 15 is 0 Å². The van der Waals surface area contributed by atoms with Crippen LogP contribution in [0.15, 0.2) is 60.9 Å². The van der Waals surface area contributed by atoms with Gasteiger partial charge in [-0.15, -0.1) is 0 Å². The molecule has 0 bridgehead atoms. The van der Waals surface area contributed by atoms with Gasteiger partial charge in [-0.3, -0.25) is 9.67 Å². The van der Waals surface area contributed by atoms with Crippen molar-refractivity contribution in [2.75, 3.05) is 0 Å². The molecule has 0 radical (unpaired) electrons. The van der Waals surface area contributed by atoms with Gasteiger partial charge >= 0.3 is 6.18 Å². The zero-order valence-electron chi connectivity index (χ0n) is 17.6. The Morgan fingerprint density at radius 3 is 2.50 bits per heavy atom. The standard InChI is InChI=1S/C24H16ClF3N4O2/c1-32-19(9-21(31-32)24(26,27)28)18-6-7-20(34-13-14-2-4-17(25)5-3-14)22(23(18)33)16-8-15(10-29)11-30-12-16/h2-9,11-12,33H,13H2,1H3. The summed E-state index contributed by atoms with van der Waals surface area (Å²) >= 11 is 5.92. The minimum atomic E-state index is -4.64. The monoisotopic (exact) mass is 484 g/mol. The van der Waals surface area contributed by atoms with Crippen LogP contribution >= 0.6 is 11.6 Å². The van der Waals surface area contributed by atoms with E-state index in [2.05, 4.69) is 10.1 Å². The number of phenols is 1. The van der Waals surface area contributed by atoms with Crippen LogP contribution in [0, 0.1) is 11.3 Å². The number of rotatable bonds is 5. The van der Waals surface area contributed by atoms with Crippen molar-refractivity contribution in [1.29, 1.82) is 5.26 Å². The maximum absolute atomic E-state index is 13.2. The number of halogens is 4. The van der Waals surface area contributed by atoms with Crippen LogP contribution in [0.25, 0.3) is 22.4 Å². The van der Waals surface area contributed by atoms with Crippen molar-refractivity contribution >= 4 is 11.6 Å². The lowest BCUT2D eigenvalue weighted by atomic mass is 9.98. The Bertz CT molecular complexity index is 1390. The van der Waals surface area contributed by atoms with Gasteiger partial charge in [0.05, 0.1) is 16.8 Å². The van der Waals surface area contributed by atoms with Crippen molar-refractivity contribution in [2.24, 2.45) is 7.05 Å². The summed E-state index contributed by atoms with van der Waals surface area (Å²) in [5.41, 5.74) is 0.687. The molecule has 0 amide bonds. The molecule has 0 atom stereocenters. The molecule has 0 spiro atoms. The first kappa shape index (κ1) is 23.1. The van der Waals surface area contributed by atoms with E-state index in [4.69, 9.17) is 16.3 Å². The Morgan fingerprint density at radius 1 is 1.12 bits per heavy atom. The highest BCUT2D eigenvalue weighted by atomic mass is 35.5. The minimum absolute atomic E-state index is 0.0553. The molecule has 4 aromatic rings. The lowest BCUT2D eigenvalue weighted by Crippen LogP contribution is -2.06. The zero-order valence-corrected chi connectivity index (χ0v) is 18.4. The van der Waals surface area contributed by atoms with Crippen molar-refractivity contribution in [3.8, 4) is 40.0 Å². The number of alkyl halides is 3. The fraction of sp³-hybridized carbons (Fsp3) is 0.125. The normalized spacial score (nSPS) is 11.3. The molecule has 34 heavy (non-hydrogen) atoms. The number of hydrogen-bond acceptors (Lipinski definition) is 5. The number of aromatic nitrogens is 3. The zero-order chi connectivity index (χ0) is 24.5. The van der Waals surface area contributed by atoms with Gasteiger partial charge in [0.15, 0.2) is 5.69 Å². The number of nitrogens with zero attached hydrogens (tertiary/aromatic N) is 4. The van der Waals surface area contributed by atoms with Crippen LogP contribution in [-0.4, -0.2) is 19.9 Å². The summed E-state index contributed by atoms with van der Waals surface area (Å²) in [6, 6.07) is 14.3. The van der Waals surface area contributed by atoms with Gasteiger partial charge in [0.1, 0.15) is 24.2 Å². The highest BCUT2D eigenvalue weighted by Crippen LogP contribution is 2.45. The lowest BCUT2D eigenvalue weighted by Gasteiger charge is -2.16. The molecular formula is C24H16ClF3N4O2. The van der Waals surface area contributed by atoms with E-state index in [9.17, 15) is 23.5 Å². The van der Waals surface area contributed by atoms with E-state index in [0.717, 1.165) is 16.3 Å². The maximum Gasteiger partial charge on any atom is 0.435 e. The van der Waals surface area contributed by atoms with E-state index in [1.165, 1.54) is 31.6 Å². The summed E-state index contributed by atoms with van der Waals surface area (Å²) < 4.78 is 46.5. The molecule has 0 aliphatic carbocycles. The van der Waals surface area contributed by atoms with Gasteiger partial charge in [0.25, 0.3) is 0 Å². The number of aryl methyl sites for hydroxylation is 1. The molecule has 0 saturated carbocycles. The number of hydrogen-bond donors (Lipinski definition) is 1. The first-order valence-corrected chi connectivity index (χ1v) is 10.3. The van der Waals surface area contributed by atoms with Crippen molar-refractivity contribution in [2.45, 2.75) is 12.8 Å². The number of ether oxygens (including phenoxy) is 1. The molecule has 1 N–H and O–H groups in total. The Balaban J connectivity index is 1.83. The van der Waals surface area contributed by atoms with E-state index in [1.807, 2.05) is 6.07 Å². The van der Waals surface area contributed by atoms with Crippen molar-refractivity contribution in [3.63, 3.8) is 0 Å². The highest BCUT2D eigenvalue weighted by molar-refractivity contribution is 6.30. The molecule has 0 aliphatic heterocycles. The SMILES string of the molecule is Cn1nc(C(F)(F)F)cc1-c1ccc(OCc2ccc(Cl)cc2)c(-c2cncc(C#N)c2)c1O. The largest absolute Gasteiger partial charge is 0.506 e. The third-order valence-corrected chi connectivity index (χ3v) is 5.30. The molecule has 2 aromatic carbocycles. The fourth-order valence-corrected chi connectivity index (χ4v) is 3.54. The van der Waals surface area contributed by atoms with Gasteiger partial charge in [0.2, 0.25) is 0 Å². The van der Waals surface area contributed by atoms with E-state index in [0.29, 0.717) is 10.6 Å². The summed E-state index contributed by atoms with van der Waals surface area (Å²) in [6.07, 6.45) is -1.85. The van der Waals surface area contributed by atoms with Gasteiger partial charge in [0, 0.05) is 35.6 Å². The Morgan fingerprint density at radius 2 is 1.85 bits per heavy atom. The number of pyridine rings is 1. The first-order valence-electron chi connectivity index (χ1n) is 9.87. The predicted octanol–water partition coefficient (Wildman–Crippen LogP) is 5.98.